The summed E-state index contributed by atoms with van der Waals surface area (Å²) in [7, 11) is 0. The van der Waals surface area contributed by atoms with Gasteiger partial charge in [0.2, 0.25) is 0 Å². The lowest BCUT2D eigenvalue weighted by molar-refractivity contribution is 0.693. The van der Waals surface area contributed by atoms with Gasteiger partial charge in [0.05, 0.1) is 0 Å². The maximum absolute atomic E-state index is 2.39. The minimum Gasteiger partial charge on any atom is -0.0770 e. The summed E-state index contributed by atoms with van der Waals surface area (Å²) in [6.07, 6.45) is 9.33. The van der Waals surface area contributed by atoms with E-state index in [1.165, 1.54) is 29.5 Å². The molecule has 0 heteroatoms. The molecule has 0 aromatic heterocycles. The van der Waals surface area contributed by atoms with Crippen LogP contribution in [0, 0.1) is 5.92 Å². The van der Waals surface area contributed by atoms with Gasteiger partial charge in [-0.3, -0.25) is 0 Å². The number of benzene rings is 2. The van der Waals surface area contributed by atoms with Crippen LogP contribution in [0.3, 0.4) is 0 Å². The van der Waals surface area contributed by atoms with Crippen molar-refractivity contribution in [3.8, 4) is 0 Å². The molecule has 108 valence electrons. The van der Waals surface area contributed by atoms with Crippen molar-refractivity contribution in [2.45, 2.75) is 26.7 Å². The van der Waals surface area contributed by atoms with Gasteiger partial charge in [-0.1, -0.05) is 92.2 Å². The number of allylic oxidation sites excluding steroid dienone is 3. The van der Waals surface area contributed by atoms with Gasteiger partial charge in [-0.2, -0.15) is 0 Å². The van der Waals surface area contributed by atoms with Crippen LogP contribution >= 0.6 is 0 Å². The summed E-state index contributed by atoms with van der Waals surface area (Å²) in [5.74, 6) is 0.496. The van der Waals surface area contributed by atoms with Crippen LogP contribution in [0.5, 0.6) is 0 Å². The lowest BCUT2D eigenvalue weighted by Crippen LogP contribution is -1.93. The number of rotatable bonds is 6. The highest BCUT2D eigenvalue weighted by Gasteiger charge is 2.02. The summed E-state index contributed by atoms with van der Waals surface area (Å²) >= 11 is 0. The van der Waals surface area contributed by atoms with E-state index in [1.54, 1.807) is 0 Å². The molecule has 0 aliphatic heterocycles. The largest absolute Gasteiger partial charge is 0.0770 e. The van der Waals surface area contributed by atoms with Crippen molar-refractivity contribution in [2.75, 3.05) is 0 Å². The smallest absolute Gasteiger partial charge is 0.00443 e. The molecule has 2 rings (SSSR count). The quantitative estimate of drug-likeness (QED) is 0.587. The Hall–Kier alpha value is -2.08. The Morgan fingerprint density at radius 3 is 2.19 bits per heavy atom. The number of hydrogen-bond donors (Lipinski definition) is 0. The maximum Gasteiger partial charge on any atom is -0.00443 e. The fraction of sp³-hybridized carbons (Fsp3) is 0.238. The SMILES string of the molecule is CCCC(C=Cc1ccccc1)C=C(C)c1ccccc1. The van der Waals surface area contributed by atoms with Gasteiger partial charge in [-0.05, 0) is 36.0 Å². The molecule has 0 radical (unpaired) electrons. The fourth-order valence-electron chi connectivity index (χ4n) is 2.49. The molecular weight excluding hydrogens is 252 g/mol. The highest BCUT2D eigenvalue weighted by Crippen LogP contribution is 2.20. The molecule has 0 spiro atoms. The van der Waals surface area contributed by atoms with Crippen molar-refractivity contribution in [3.05, 3.63) is 83.9 Å². The zero-order valence-electron chi connectivity index (χ0n) is 13.0. The van der Waals surface area contributed by atoms with Gasteiger partial charge < -0.3 is 0 Å². The lowest BCUT2D eigenvalue weighted by atomic mass is 9.96. The fourth-order valence-corrected chi connectivity index (χ4v) is 2.49. The van der Waals surface area contributed by atoms with Crippen molar-refractivity contribution in [1.29, 1.82) is 0 Å². The second-order valence-corrected chi connectivity index (χ2v) is 5.44. The van der Waals surface area contributed by atoms with E-state index in [0.29, 0.717) is 5.92 Å². The van der Waals surface area contributed by atoms with Crippen LogP contribution in [-0.2, 0) is 0 Å². The predicted molar refractivity (Wildman–Crippen MR) is 94.0 cm³/mol. The molecule has 0 aliphatic rings. The Morgan fingerprint density at radius 1 is 0.952 bits per heavy atom. The summed E-state index contributed by atoms with van der Waals surface area (Å²) in [6, 6.07) is 21.1. The van der Waals surface area contributed by atoms with E-state index < -0.39 is 0 Å². The van der Waals surface area contributed by atoms with Gasteiger partial charge in [0.15, 0.2) is 0 Å². The van der Waals surface area contributed by atoms with Gasteiger partial charge in [-0.15, -0.1) is 0 Å². The van der Waals surface area contributed by atoms with Crippen molar-refractivity contribution < 1.29 is 0 Å². The molecule has 0 amide bonds. The molecule has 0 nitrogen and oxygen atoms in total. The van der Waals surface area contributed by atoms with E-state index in [9.17, 15) is 0 Å². The van der Waals surface area contributed by atoms with Crippen molar-refractivity contribution >= 4 is 11.6 Å². The van der Waals surface area contributed by atoms with Gasteiger partial charge in [0.25, 0.3) is 0 Å². The van der Waals surface area contributed by atoms with E-state index in [1.807, 2.05) is 0 Å². The third-order valence-corrected chi connectivity index (χ3v) is 3.65. The van der Waals surface area contributed by atoms with Crippen molar-refractivity contribution in [3.63, 3.8) is 0 Å². The van der Waals surface area contributed by atoms with Gasteiger partial charge in [-0.25, -0.2) is 0 Å². The average molecular weight is 276 g/mol. The Labute approximate surface area is 128 Å². The zero-order chi connectivity index (χ0) is 14.9. The maximum atomic E-state index is 2.39. The lowest BCUT2D eigenvalue weighted by Gasteiger charge is -2.09. The standard InChI is InChI=1S/C21H24/c1-3-10-20(16-15-19-11-6-4-7-12-19)17-18(2)21-13-8-5-9-14-21/h4-9,11-17,20H,3,10H2,1-2H3. The average Bonchev–Trinajstić information content (AvgIpc) is 2.54. The Kier molecular flexibility index (Phi) is 6.02. The first kappa shape index (κ1) is 15.3. The molecule has 0 saturated heterocycles. The molecule has 2 aromatic carbocycles. The van der Waals surface area contributed by atoms with Crippen LogP contribution in [0.2, 0.25) is 0 Å². The van der Waals surface area contributed by atoms with Crippen molar-refractivity contribution in [1.82, 2.24) is 0 Å². The summed E-state index contributed by atoms with van der Waals surface area (Å²) < 4.78 is 0. The monoisotopic (exact) mass is 276 g/mol. The first-order valence-corrected chi connectivity index (χ1v) is 7.76. The van der Waals surface area contributed by atoms with E-state index in [-0.39, 0.29) is 0 Å². The highest BCUT2D eigenvalue weighted by atomic mass is 14.1. The van der Waals surface area contributed by atoms with Crippen LogP contribution in [0.4, 0.5) is 0 Å². The summed E-state index contributed by atoms with van der Waals surface area (Å²) in [6.45, 7) is 4.45. The van der Waals surface area contributed by atoms with E-state index >= 15 is 0 Å². The first-order valence-electron chi connectivity index (χ1n) is 7.76. The second-order valence-electron chi connectivity index (χ2n) is 5.44. The molecule has 0 bridgehead atoms. The molecule has 0 saturated carbocycles. The zero-order valence-corrected chi connectivity index (χ0v) is 13.0. The van der Waals surface area contributed by atoms with Crippen LogP contribution < -0.4 is 0 Å². The minimum absolute atomic E-state index is 0.496. The molecule has 21 heavy (non-hydrogen) atoms. The predicted octanol–water partition coefficient (Wildman–Crippen LogP) is 6.22. The van der Waals surface area contributed by atoms with E-state index in [0.717, 1.165) is 0 Å². The van der Waals surface area contributed by atoms with Crippen molar-refractivity contribution in [2.24, 2.45) is 5.92 Å². The first-order chi connectivity index (χ1) is 10.3. The molecule has 0 fully saturated rings. The van der Waals surface area contributed by atoms with Crippen LogP contribution in [0.1, 0.15) is 37.8 Å². The van der Waals surface area contributed by atoms with Gasteiger partial charge >= 0.3 is 0 Å². The Bertz CT molecular complexity index is 576. The molecular formula is C21H24. The van der Waals surface area contributed by atoms with E-state index in [2.05, 4.69) is 92.7 Å². The van der Waals surface area contributed by atoms with Crippen LogP contribution in [-0.4, -0.2) is 0 Å². The normalized spacial score (nSPS) is 13.5. The van der Waals surface area contributed by atoms with Crippen LogP contribution in [0.25, 0.3) is 11.6 Å². The summed E-state index contributed by atoms with van der Waals surface area (Å²) in [5.41, 5.74) is 3.93. The summed E-state index contributed by atoms with van der Waals surface area (Å²) in [5, 5.41) is 0. The van der Waals surface area contributed by atoms with E-state index in [4.69, 9.17) is 0 Å². The molecule has 1 unspecified atom stereocenters. The van der Waals surface area contributed by atoms with Gasteiger partial charge in [0, 0.05) is 0 Å². The molecule has 0 heterocycles. The topological polar surface area (TPSA) is 0 Å². The highest BCUT2D eigenvalue weighted by molar-refractivity contribution is 5.64. The van der Waals surface area contributed by atoms with Crippen LogP contribution in [0.15, 0.2) is 72.8 Å². The Morgan fingerprint density at radius 2 is 1.57 bits per heavy atom. The molecule has 1 atom stereocenters. The minimum atomic E-state index is 0.496. The molecule has 0 aliphatic carbocycles. The summed E-state index contributed by atoms with van der Waals surface area (Å²) in [4.78, 5) is 0. The third-order valence-electron chi connectivity index (χ3n) is 3.65. The third kappa shape index (κ3) is 5.07. The van der Waals surface area contributed by atoms with Gasteiger partial charge in [0.1, 0.15) is 0 Å². The Balaban J connectivity index is 2.14. The molecule has 0 N–H and O–H groups in total. The molecule has 2 aromatic rings. The number of hydrogen-bond acceptors (Lipinski definition) is 0. The second kappa shape index (κ2) is 8.26.